The van der Waals surface area contributed by atoms with Crippen LogP contribution in [0.2, 0.25) is 0 Å². The molecule has 1 saturated carbocycles. The molecule has 84 valence electrons. The smallest absolute Gasteiger partial charge is 0.169 e. The standard InChI is InChI=1S/C11H23NO2/c1-11(2)7-5-6-9(11)12-8-10(13-3)14-4/h9-10,12H,5-8H2,1-4H3. The lowest BCUT2D eigenvalue weighted by molar-refractivity contribution is -0.101. The number of rotatable bonds is 5. The van der Waals surface area contributed by atoms with Crippen LogP contribution in [0.1, 0.15) is 33.1 Å². The minimum absolute atomic E-state index is 0.119. The van der Waals surface area contributed by atoms with Crippen molar-refractivity contribution in [3.63, 3.8) is 0 Å². The second-order valence-electron chi connectivity index (χ2n) is 4.74. The Labute approximate surface area is 87.2 Å². The molecule has 0 radical (unpaired) electrons. The summed E-state index contributed by atoms with van der Waals surface area (Å²) in [4.78, 5) is 0. The molecule has 0 amide bonds. The second kappa shape index (κ2) is 5.10. The van der Waals surface area contributed by atoms with Gasteiger partial charge in [-0.15, -0.1) is 0 Å². The summed E-state index contributed by atoms with van der Waals surface area (Å²) in [5.74, 6) is 0. The average Bonchev–Trinajstić information content (AvgIpc) is 2.47. The van der Waals surface area contributed by atoms with Crippen molar-refractivity contribution < 1.29 is 9.47 Å². The van der Waals surface area contributed by atoms with Crippen molar-refractivity contribution in [2.24, 2.45) is 5.41 Å². The van der Waals surface area contributed by atoms with Crippen LogP contribution >= 0.6 is 0 Å². The van der Waals surface area contributed by atoms with Gasteiger partial charge < -0.3 is 14.8 Å². The van der Waals surface area contributed by atoms with Crippen LogP contribution in [0, 0.1) is 5.41 Å². The minimum Gasteiger partial charge on any atom is -0.355 e. The first-order valence-electron chi connectivity index (χ1n) is 5.39. The van der Waals surface area contributed by atoms with Crippen LogP contribution in [0.5, 0.6) is 0 Å². The zero-order chi connectivity index (χ0) is 10.6. The molecule has 3 heteroatoms. The molecule has 1 unspecified atom stereocenters. The van der Waals surface area contributed by atoms with Gasteiger partial charge in [-0.2, -0.15) is 0 Å². The third-order valence-electron chi connectivity index (χ3n) is 3.31. The number of hydrogen-bond donors (Lipinski definition) is 1. The van der Waals surface area contributed by atoms with Crippen LogP contribution in [0.3, 0.4) is 0 Å². The van der Waals surface area contributed by atoms with Gasteiger partial charge in [0.1, 0.15) is 0 Å². The van der Waals surface area contributed by atoms with E-state index in [-0.39, 0.29) is 6.29 Å². The van der Waals surface area contributed by atoms with E-state index in [0.29, 0.717) is 11.5 Å². The second-order valence-corrected chi connectivity index (χ2v) is 4.74. The van der Waals surface area contributed by atoms with Gasteiger partial charge in [-0.05, 0) is 18.3 Å². The number of ether oxygens (including phenoxy) is 2. The van der Waals surface area contributed by atoms with Crippen molar-refractivity contribution in [2.75, 3.05) is 20.8 Å². The first-order valence-corrected chi connectivity index (χ1v) is 5.39. The number of nitrogens with one attached hydrogen (secondary N) is 1. The summed E-state index contributed by atoms with van der Waals surface area (Å²) in [6.45, 7) is 5.43. The highest BCUT2D eigenvalue weighted by Gasteiger charge is 2.34. The van der Waals surface area contributed by atoms with Gasteiger partial charge in [0.15, 0.2) is 6.29 Å². The Kier molecular flexibility index (Phi) is 4.35. The van der Waals surface area contributed by atoms with Crippen molar-refractivity contribution >= 4 is 0 Å². The molecular weight excluding hydrogens is 178 g/mol. The molecule has 0 saturated heterocycles. The molecular formula is C11H23NO2. The molecule has 0 spiro atoms. The highest BCUT2D eigenvalue weighted by atomic mass is 16.7. The van der Waals surface area contributed by atoms with Crippen molar-refractivity contribution in [1.82, 2.24) is 5.32 Å². The van der Waals surface area contributed by atoms with Crippen molar-refractivity contribution in [3.8, 4) is 0 Å². The number of methoxy groups -OCH3 is 2. The summed E-state index contributed by atoms with van der Waals surface area (Å²) in [5, 5.41) is 3.52. The summed E-state index contributed by atoms with van der Waals surface area (Å²) >= 11 is 0. The number of hydrogen-bond acceptors (Lipinski definition) is 3. The van der Waals surface area contributed by atoms with Gasteiger partial charge in [-0.1, -0.05) is 20.3 Å². The molecule has 0 aromatic heterocycles. The van der Waals surface area contributed by atoms with E-state index in [1.165, 1.54) is 19.3 Å². The third-order valence-corrected chi connectivity index (χ3v) is 3.31. The monoisotopic (exact) mass is 201 g/mol. The van der Waals surface area contributed by atoms with Gasteiger partial charge in [0.25, 0.3) is 0 Å². The molecule has 0 bridgehead atoms. The molecule has 1 aliphatic carbocycles. The zero-order valence-electron chi connectivity index (χ0n) is 9.80. The maximum atomic E-state index is 5.14. The molecule has 14 heavy (non-hydrogen) atoms. The van der Waals surface area contributed by atoms with Gasteiger partial charge in [-0.25, -0.2) is 0 Å². The SMILES string of the molecule is COC(CNC1CCCC1(C)C)OC. The Bertz CT molecular complexity index is 167. The highest BCUT2D eigenvalue weighted by Crippen LogP contribution is 2.37. The molecule has 0 aromatic carbocycles. The third kappa shape index (κ3) is 2.94. The van der Waals surface area contributed by atoms with Crippen LogP contribution in [-0.2, 0) is 9.47 Å². The van der Waals surface area contributed by atoms with E-state index in [9.17, 15) is 0 Å². The predicted molar refractivity (Wildman–Crippen MR) is 57.2 cm³/mol. The lowest BCUT2D eigenvalue weighted by atomic mass is 9.87. The van der Waals surface area contributed by atoms with Crippen LogP contribution in [-0.4, -0.2) is 33.1 Å². The summed E-state index contributed by atoms with van der Waals surface area (Å²) in [7, 11) is 3.35. The molecule has 3 nitrogen and oxygen atoms in total. The Balaban J connectivity index is 2.30. The zero-order valence-corrected chi connectivity index (χ0v) is 9.80. The summed E-state index contributed by atoms with van der Waals surface area (Å²) in [6, 6.07) is 0.607. The van der Waals surface area contributed by atoms with Gasteiger partial charge in [0.2, 0.25) is 0 Å². The van der Waals surface area contributed by atoms with E-state index in [2.05, 4.69) is 19.2 Å². The fourth-order valence-corrected chi connectivity index (χ4v) is 2.21. The van der Waals surface area contributed by atoms with Crippen molar-refractivity contribution in [1.29, 1.82) is 0 Å². The van der Waals surface area contributed by atoms with E-state index in [1.54, 1.807) is 14.2 Å². The largest absolute Gasteiger partial charge is 0.355 e. The molecule has 0 heterocycles. The minimum atomic E-state index is -0.119. The summed E-state index contributed by atoms with van der Waals surface area (Å²) < 4.78 is 10.3. The average molecular weight is 201 g/mol. The van der Waals surface area contributed by atoms with E-state index in [0.717, 1.165) is 6.54 Å². The van der Waals surface area contributed by atoms with Gasteiger partial charge in [0, 0.05) is 26.8 Å². The maximum absolute atomic E-state index is 5.14. The highest BCUT2D eigenvalue weighted by molar-refractivity contribution is 4.90. The summed E-state index contributed by atoms with van der Waals surface area (Å²) in [6.07, 6.45) is 3.80. The Morgan fingerprint density at radius 2 is 2.00 bits per heavy atom. The molecule has 1 fully saturated rings. The van der Waals surface area contributed by atoms with Crippen LogP contribution in [0.25, 0.3) is 0 Å². The van der Waals surface area contributed by atoms with Gasteiger partial charge in [-0.3, -0.25) is 0 Å². The molecule has 0 aliphatic heterocycles. The Morgan fingerprint density at radius 3 is 2.43 bits per heavy atom. The van der Waals surface area contributed by atoms with Crippen LogP contribution in [0.15, 0.2) is 0 Å². The molecule has 0 aromatic rings. The Hall–Kier alpha value is -0.120. The maximum Gasteiger partial charge on any atom is 0.169 e. The fourth-order valence-electron chi connectivity index (χ4n) is 2.21. The van der Waals surface area contributed by atoms with Crippen LogP contribution < -0.4 is 5.32 Å². The van der Waals surface area contributed by atoms with E-state index in [4.69, 9.17) is 9.47 Å². The predicted octanol–water partition coefficient (Wildman–Crippen LogP) is 1.77. The topological polar surface area (TPSA) is 30.5 Å². The van der Waals surface area contributed by atoms with Crippen LogP contribution in [0.4, 0.5) is 0 Å². The lowest BCUT2D eigenvalue weighted by Gasteiger charge is -2.29. The first kappa shape index (κ1) is 12.0. The molecule has 1 aliphatic rings. The molecule has 1 rings (SSSR count). The van der Waals surface area contributed by atoms with E-state index >= 15 is 0 Å². The van der Waals surface area contributed by atoms with Crippen molar-refractivity contribution in [3.05, 3.63) is 0 Å². The quantitative estimate of drug-likeness (QED) is 0.688. The lowest BCUT2D eigenvalue weighted by Crippen LogP contribution is -2.42. The molecule has 1 atom stereocenters. The summed E-state index contributed by atoms with van der Waals surface area (Å²) in [5.41, 5.74) is 0.423. The van der Waals surface area contributed by atoms with Crippen molar-refractivity contribution in [2.45, 2.75) is 45.4 Å². The fraction of sp³-hybridized carbons (Fsp3) is 1.00. The van der Waals surface area contributed by atoms with E-state index in [1.807, 2.05) is 0 Å². The Morgan fingerprint density at radius 1 is 1.36 bits per heavy atom. The molecule has 1 N–H and O–H groups in total. The van der Waals surface area contributed by atoms with E-state index < -0.39 is 0 Å². The van der Waals surface area contributed by atoms with Gasteiger partial charge in [0.05, 0.1) is 0 Å². The van der Waals surface area contributed by atoms with Gasteiger partial charge >= 0.3 is 0 Å². The normalized spacial score (nSPS) is 25.9. The first-order chi connectivity index (χ1) is 6.60.